The van der Waals surface area contributed by atoms with E-state index < -0.39 is 0 Å². The summed E-state index contributed by atoms with van der Waals surface area (Å²) < 4.78 is 12.9. The number of rotatable bonds is 6. The van der Waals surface area contributed by atoms with Gasteiger partial charge in [0.25, 0.3) is 0 Å². The number of furan rings is 2. The van der Waals surface area contributed by atoms with E-state index in [2.05, 4.69) is 181 Å². The number of nitrogens with zero attached hydrogens (tertiary/aromatic N) is 2. The fourth-order valence-electron chi connectivity index (χ4n) is 9.11. The number of anilines is 6. The average molecular weight is 745 g/mol. The Balaban J connectivity index is 1.09. The molecule has 2 aromatic heterocycles. The topological polar surface area (TPSA) is 32.8 Å². The normalized spacial score (nSPS) is 12.0. The minimum Gasteiger partial charge on any atom is -0.456 e. The second kappa shape index (κ2) is 12.5. The summed E-state index contributed by atoms with van der Waals surface area (Å²) in [6.45, 7) is 4.27. The molecular weight excluding hydrogens is 709 g/mol. The van der Waals surface area contributed by atoms with E-state index in [1.54, 1.807) is 0 Å². The minimum absolute atomic E-state index is 0.871. The predicted molar refractivity (Wildman–Crippen MR) is 244 cm³/mol. The van der Waals surface area contributed by atoms with Crippen LogP contribution in [0.3, 0.4) is 0 Å². The Kier molecular flexibility index (Phi) is 7.02. The molecule has 0 spiro atoms. The molecule has 0 bridgehead atoms. The molecule has 0 saturated carbocycles. The van der Waals surface area contributed by atoms with Crippen LogP contribution in [-0.4, -0.2) is 0 Å². The van der Waals surface area contributed by atoms with Gasteiger partial charge in [-0.25, -0.2) is 0 Å². The molecule has 0 N–H and O–H groups in total. The second-order valence-electron chi connectivity index (χ2n) is 15.5. The summed E-state index contributed by atoms with van der Waals surface area (Å²) in [6, 6.07) is 65.6. The molecule has 0 saturated heterocycles. The highest BCUT2D eigenvalue weighted by molar-refractivity contribution is 6.28. The minimum atomic E-state index is 0.871. The summed E-state index contributed by atoms with van der Waals surface area (Å²) in [5.41, 5.74) is 12.4. The van der Waals surface area contributed by atoms with Gasteiger partial charge >= 0.3 is 0 Å². The number of benzene rings is 10. The van der Waals surface area contributed by atoms with Crippen molar-refractivity contribution in [3.63, 3.8) is 0 Å². The van der Waals surface area contributed by atoms with Gasteiger partial charge in [-0.2, -0.15) is 0 Å². The third kappa shape index (κ3) is 4.95. The van der Waals surface area contributed by atoms with Gasteiger partial charge in [-0.1, -0.05) is 108 Å². The monoisotopic (exact) mass is 744 g/mol. The Morgan fingerprint density at radius 1 is 0.310 bits per heavy atom. The highest BCUT2D eigenvalue weighted by atomic mass is 16.3. The molecule has 2 heterocycles. The molecule has 0 aliphatic heterocycles. The molecule has 0 atom stereocenters. The van der Waals surface area contributed by atoms with Crippen LogP contribution in [0.5, 0.6) is 0 Å². The van der Waals surface area contributed by atoms with Crippen LogP contribution in [0.15, 0.2) is 191 Å². The maximum Gasteiger partial charge on any atom is 0.137 e. The van der Waals surface area contributed by atoms with Gasteiger partial charge in [-0.3, -0.25) is 0 Å². The molecule has 0 aliphatic rings. The molecule has 10 aromatic carbocycles. The maximum absolute atomic E-state index is 6.43. The molecule has 0 unspecified atom stereocenters. The van der Waals surface area contributed by atoms with Crippen molar-refractivity contribution in [1.29, 1.82) is 0 Å². The van der Waals surface area contributed by atoms with E-state index in [-0.39, 0.29) is 0 Å². The molecule has 58 heavy (non-hydrogen) atoms. The average Bonchev–Trinajstić information content (AvgIpc) is 3.83. The summed E-state index contributed by atoms with van der Waals surface area (Å²) in [7, 11) is 0. The predicted octanol–water partition coefficient (Wildman–Crippen LogP) is 15.9. The van der Waals surface area contributed by atoms with Gasteiger partial charge in [0.05, 0.1) is 11.4 Å². The lowest BCUT2D eigenvalue weighted by atomic mass is 9.91. The number of fused-ring (bicyclic) bond motifs is 6. The van der Waals surface area contributed by atoms with Crippen molar-refractivity contribution in [1.82, 2.24) is 0 Å². The van der Waals surface area contributed by atoms with E-state index in [9.17, 15) is 0 Å². The molecule has 4 heteroatoms. The molecule has 12 rings (SSSR count). The molecule has 0 amide bonds. The molecular formula is C54H36N2O2. The quantitative estimate of drug-likeness (QED) is 0.159. The lowest BCUT2D eigenvalue weighted by Gasteiger charge is -2.29. The zero-order chi connectivity index (χ0) is 38.5. The zero-order valence-corrected chi connectivity index (χ0v) is 32.0. The Labute approximate surface area is 334 Å². The number of hydrogen-bond donors (Lipinski definition) is 0. The fraction of sp³-hybridized carbons (Fsp3) is 0.0370. The van der Waals surface area contributed by atoms with Gasteiger partial charge in [-0.05, 0) is 108 Å². The van der Waals surface area contributed by atoms with Gasteiger partial charge in [0.15, 0.2) is 0 Å². The van der Waals surface area contributed by atoms with Gasteiger partial charge in [0, 0.05) is 67.2 Å². The van der Waals surface area contributed by atoms with Crippen molar-refractivity contribution in [2.24, 2.45) is 0 Å². The molecule has 12 aromatic rings. The first-order valence-corrected chi connectivity index (χ1v) is 19.8. The van der Waals surface area contributed by atoms with Crippen LogP contribution in [0.4, 0.5) is 34.1 Å². The smallest absolute Gasteiger partial charge is 0.137 e. The zero-order valence-electron chi connectivity index (χ0n) is 32.0. The first-order valence-electron chi connectivity index (χ1n) is 19.8. The number of para-hydroxylation sites is 2. The van der Waals surface area contributed by atoms with Crippen LogP contribution in [0.25, 0.3) is 76.2 Å². The summed E-state index contributed by atoms with van der Waals surface area (Å²) in [6.07, 6.45) is 0. The van der Waals surface area contributed by atoms with Crippen LogP contribution >= 0.6 is 0 Å². The molecule has 0 radical (unpaired) electrons. The lowest BCUT2D eigenvalue weighted by Crippen LogP contribution is -2.11. The largest absolute Gasteiger partial charge is 0.456 e. The van der Waals surface area contributed by atoms with Gasteiger partial charge in [0.2, 0.25) is 0 Å². The molecule has 274 valence electrons. The fourth-order valence-corrected chi connectivity index (χ4v) is 9.11. The van der Waals surface area contributed by atoms with Crippen molar-refractivity contribution in [3.8, 4) is 0 Å². The van der Waals surface area contributed by atoms with E-state index in [0.29, 0.717) is 0 Å². The van der Waals surface area contributed by atoms with E-state index in [4.69, 9.17) is 8.83 Å². The summed E-state index contributed by atoms with van der Waals surface area (Å²) in [5, 5.41) is 11.7. The van der Waals surface area contributed by atoms with Crippen LogP contribution in [0.2, 0.25) is 0 Å². The SMILES string of the molecule is Cc1ccc(N(c2ccc3c(c2)oc2ccccc23)c2ccc3ccc4c(N(c5ccc(C)cc5)c5ccc6c(c5)oc5ccccc56)ccc5ccc2c3c54)cc1. The second-order valence-corrected chi connectivity index (χ2v) is 15.5. The van der Waals surface area contributed by atoms with E-state index >= 15 is 0 Å². The highest BCUT2D eigenvalue weighted by Crippen LogP contribution is 2.48. The summed E-state index contributed by atoms with van der Waals surface area (Å²) in [4.78, 5) is 4.75. The number of aryl methyl sites for hydroxylation is 2. The number of hydrogen-bond acceptors (Lipinski definition) is 4. The Hall–Kier alpha value is -7.56. The maximum atomic E-state index is 6.43. The summed E-state index contributed by atoms with van der Waals surface area (Å²) in [5.74, 6) is 0. The Morgan fingerprint density at radius 2 is 0.672 bits per heavy atom. The van der Waals surface area contributed by atoms with Crippen molar-refractivity contribution in [3.05, 3.63) is 193 Å². The Bertz CT molecular complexity index is 3300. The van der Waals surface area contributed by atoms with Gasteiger partial charge in [0.1, 0.15) is 22.3 Å². The third-order valence-electron chi connectivity index (χ3n) is 11.9. The van der Waals surface area contributed by atoms with E-state index in [1.807, 2.05) is 24.3 Å². The third-order valence-corrected chi connectivity index (χ3v) is 11.9. The van der Waals surface area contributed by atoms with Gasteiger partial charge in [-0.15, -0.1) is 0 Å². The summed E-state index contributed by atoms with van der Waals surface area (Å²) >= 11 is 0. The van der Waals surface area contributed by atoms with Crippen LogP contribution in [0.1, 0.15) is 11.1 Å². The van der Waals surface area contributed by atoms with Crippen molar-refractivity contribution in [2.75, 3.05) is 9.80 Å². The molecule has 0 fully saturated rings. The van der Waals surface area contributed by atoms with Crippen molar-refractivity contribution < 1.29 is 8.83 Å². The Morgan fingerprint density at radius 3 is 1.12 bits per heavy atom. The van der Waals surface area contributed by atoms with Crippen molar-refractivity contribution in [2.45, 2.75) is 13.8 Å². The van der Waals surface area contributed by atoms with E-state index in [0.717, 1.165) is 78.0 Å². The van der Waals surface area contributed by atoms with Crippen LogP contribution < -0.4 is 9.80 Å². The molecule has 0 aliphatic carbocycles. The van der Waals surface area contributed by atoms with Crippen LogP contribution in [-0.2, 0) is 0 Å². The van der Waals surface area contributed by atoms with Crippen molar-refractivity contribution >= 4 is 110 Å². The lowest BCUT2D eigenvalue weighted by molar-refractivity contribution is 0.668. The van der Waals surface area contributed by atoms with Crippen LogP contribution in [0, 0.1) is 13.8 Å². The highest BCUT2D eigenvalue weighted by Gasteiger charge is 2.23. The first kappa shape index (κ1) is 32.7. The first-order chi connectivity index (χ1) is 28.6. The van der Waals surface area contributed by atoms with Gasteiger partial charge < -0.3 is 18.6 Å². The standard InChI is InChI=1S/C54H36N2O2/c1-33-11-19-37(20-12-33)55(39-23-27-43-41-7-3-5-9-49(41)57-51(43)31-39)47-29-17-35-16-26-46-48(30-18-36-15-25-45(47)53(35)54(36)46)56(38-21-13-34(2)14-22-38)40-24-28-44-42-8-4-6-10-50(42)58-52(44)32-40/h3-32H,1-2H3. The van der Waals surface area contributed by atoms with E-state index in [1.165, 1.54) is 43.4 Å². The molecule has 4 nitrogen and oxygen atoms in total.